The van der Waals surface area contributed by atoms with Crippen LogP contribution in [0.1, 0.15) is 28.4 Å². The maximum atomic E-state index is 12.6. The number of morpholine rings is 2. The molecule has 0 saturated carbocycles. The Labute approximate surface area is 189 Å². The van der Waals surface area contributed by atoms with Crippen molar-refractivity contribution >= 4 is 17.3 Å². The first-order chi connectivity index (χ1) is 15.5. The van der Waals surface area contributed by atoms with Crippen LogP contribution in [0.3, 0.4) is 0 Å². The molecule has 7 heteroatoms. The van der Waals surface area contributed by atoms with Crippen molar-refractivity contribution in [2.75, 3.05) is 69.4 Å². The fourth-order valence-electron chi connectivity index (χ4n) is 4.33. The molecule has 4 rings (SSSR count). The summed E-state index contributed by atoms with van der Waals surface area (Å²) in [4.78, 5) is 17.0. The number of aliphatic hydroxyl groups excluding tert-OH is 1. The lowest BCUT2D eigenvalue weighted by molar-refractivity contribution is -0.118. The normalized spacial score (nSPS) is 18.4. The van der Waals surface area contributed by atoms with E-state index in [1.807, 2.05) is 44.2 Å². The summed E-state index contributed by atoms with van der Waals surface area (Å²) in [6.07, 6.45) is -0.788. The van der Waals surface area contributed by atoms with Gasteiger partial charge in [0.15, 0.2) is 0 Å². The van der Waals surface area contributed by atoms with E-state index in [-0.39, 0.29) is 5.91 Å². The molecule has 1 unspecified atom stereocenters. The van der Waals surface area contributed by atoms with Crippen LogP contribution < -0.4 is 10.2 Å². The van der Waals surface area contributed by atoms with Gasteiger partial charge in [-0.15, -0.1) is 0 Å². The largest absolute Gasteiger partial charge is 0.384 e. The Balaban J connectivity index is 1.60. The quantitative estimate of drug-likeness (QED) is 0.721. The Kier molecular flexibility index (Phi) is 7.42. The van der Waals surface area contributed by atoms with E-state index >= 15 is 0 Å². The summed E-state index contributed by atoms with van der Waals surface area (Å²) in [5.41, 5.74) is 5.50. The van der Waals surface area contributed by atoms with Crippen molar-refractivity contribution in [1.29, 1.82) is 0 Å². The van der Waals surface area contributed by atoms with Crippen LogP contribution in [-0.4, -0.2) is 75.1 Å². The van der Waals surface area contributed by atoms with Crippen LogP contribution in [0.5, 0.6) is 0 Å². The number of amides is 1. The maximum Gasteiger partial charge on any atom is 0.238 e. The zero-order valence-electron chi connectivity index (χ0n) is 19.0. The van der Waals surface area contributed by atoms with Gasteiger partial charge in [0.05, 0.1) is 33.0 Å². The number of benzene rings is 2. The summed E-state index contributed by atoms with van der Waals surface area (Å²) in [5, 5.41) is 14.5. The number of carbonyl (C=O) groups excluding carboxylic acids is 1. The Morgan fingerprint density at radius 1 is 0.969 bits per heavy atom. The molecule has 0 spiro atoms. The van der Waals surface area contributed by atoms with Gasteiger partial charge in [0.25, 0.3) is 0 Å². The molecule has 2 N–H and O–H groups in total. The molecule has 2 fully saturated rings. The number of aryl methyl sites for hydroxylation is 2. The number of hydrogen-bond donors (Lipinski definition) is 2. The molecule has 1 atom stereocenters. The Hall–Kier alpha value is -2.45. The van der Waals surface area contributed by atoms with Gasteiger partial charge < -0.3 is 24.8 Å². The van der Waals surface area contributed by atoms with E-state index < -0.39 is 6.10 Å². The van der Waals surface area contributed by atoms with Crippen molar-refractivity contribution < 1.29 is 19.4 Å². The van der Waals surface area contributed by atoms with Crippen molar-refractivity contribution in [3.8, 4) is 0 Å². The predicted molar refractivity (Wildman–Crippen MR) is 125 cm³/mol. The number of rotatable bonds is 6. The summed E-state index contributed by atoms with van der Waals surface area (Å²) in [7, 11) is 0. The summed E-state index contributed by atoms with van der Waals surface area (Å²) in [6, 6.07) is 12.0. The highest BCUT2D eigenvalue weighted by Crippen LogP contribution is 2.35. The number of ether oxygens (including phenoxy) is 2. The molecular weight excluding hydrogens is 406 g/mol. The van der Waals surface area contributed by atoms with Crippen LogP contribution in [0, 0.1) is 13.8 Å². The van der Waals surface area contributed by atoms with Gasteiger partial charge in [-0.2, -0.15) is 0 Å². The molecular formula is C25H33N3O4. The Morgan fingerprint density at radius 3 is 2.38 bits per heavy atom. The lowest BCUT2D eigenvalue weighted by atomic mass is 9.94. The van der Waals surface area contributed by atoms with E-state index in [1.54, 1.807) is 0 Å². The topological polar surface area (TPSA) is 74.3 Å². The first-order valence-electron chi connectivity index (χ1n) is 11.3. The number of anilines is 2. The molecule has 172 valence electrons. The molecule has 2 aliphatic heterocycles. The van der Waals surface area contributed by atoms with Gasteiger partial charge in [0.2, 0.25) is 5.91 Å². The van der Waals surface area contributed by atoms with E-state index in [0.29, 0.717) is 38.7 Å². The van der Waals surface area contributed by atoms with Crippen molar-refractivity contribution in [1.82, 2.24) is 4.90 Å². The Bertz CT molecular complexity index is 937. The second kappa shape index (κ2) is 10.4. The van der Waals surface area contributed by atoms with Gasteiger partial charge >= 0.3 is 0 Å². The highest BCUT2D eigenvalue weighted by Gasteiger charge is 2.23. The van der Waals surface area contributed by atoms with Crippen LogP contribution in [0.2, 0.25) is 0 Å². The number of carbonyl (C=O) groups is 1. The van der Waals surface area contributed by atoms with Crippen molar-refractivity contribution in [2.24, 2.45) is 0 Å². The molecule has 7 nitrogen and oxygen atoms in total. The van der Waals surface area contributed by atoms with Crippen molar-refractivity contribution in [2.45, 2.75) is 20.0 Å². The molecule has 2 aromatic carbocycles. The van der Waals surface area contributed by atoms with Crippen molar-refractivity contribution in [3.63, 3.8) is 0 Å². The second-order valence-electron chi connectivity index (χ2n) is 8.57. The maximum absolute atomic E-state index is 12.6. The molecule has 0 radical (unpaired) electrons. The van der Waals surface area contributed by atoms with E-state index in [1.165, 1.54) is 0 Å². The number of nitrogens with one attached hydrogen (secondary N) is 1. The second-order valence-corrected chi connectivity index (χ2v) is 8.57. The minimum atomic E-state index is -0.788. The summed E-state index contributed by atoms with van der Waals surface area (Å²) in [5.74, 6) is -0.0572. The van der Waals surface area contributed by atoms with Crippen LogP contribution in [0.15, 0.2) is 36.4 Å². The number of hydrogen-bond acceptors (Lipinski definition) is 6. The first-order valence-corrected chi connectivity index (χ1v) is 11.3. The number of nitrogens with zero attached hydrogens (tertiary/aromatic N) is 2. The fraction of sp³-hybridized carbons (Fsp3) is 0.480. The SMILES string of the molecule is Cc1ccc(C)c(C(O)c2cc(NC(=O)CN3CCOCC3)ccc2N2CCOCC2)c1. The van der Waals surface area contributed by atoms with Crippen LogP contribution in [0.4, 0.5) is 11.4 Å². The lowest BCUT2D eigenvalue weighted by Gasteiger charge is -2.32. The first kappa shape index (κ1) is 22.7. The third-order valence-corrected chi connectivity index (χ3v) is 6.16. The minimum absolute atomic E-state index is 0.0572. The molecule has 2 aromatic rings. The smallest absolute Gasteiger partial charge is 0.238 e. The highest BCUT2D eigenvalue weighted by atomic mass is 16.5. The van der Waals surface area contributed by atoms with Crippen LogP contribution >= 0.6 is 0 Å². The van der Waals surface area contributed by atoms with Gasteiger partial charge in [0, 0.05) is 43.1 Å². The fourth-order valence-corrected chi connectivity index (χ4v) is 4.33. The molecule has 2 saturated heterocycles. The lowest BCUT2D eigenvalue weighted by Crippen LogP contribution is -2.41. The molecule has 0 bridgehead atoms. The van der Waals surface area contributed by atoms with E-state index in [9.17, 15) is 9.90 Å². The number of aliphatic hydroxyl groups is 1. The van der Waals surface area contributed by atoms with E-state index in [0.717, 1.165) is 54.1 Å². The molecule has 2 aliphatic rings. The summed E-state index contributed by atoms with van der Waals surface area (Å²) < 4.78 is 10.9. The third kappa shape index (κ3) is 5.48. The standard InChI is InChI=1S/C25H33N3O4/c1-18-3-4-19(2)21(15-18)25(30)22-16-20(5-6-23(22)28-9-13-32-14-10-28)26-24(29)17-27-7-11-31-12-8-27/h3-6,15-16,25,30H,7-14,17H2,1-2H3,(H,26,29). The van der Waals surface area contributed by atoms with Gasteiger partial charge in [-0.1, -0.05) is 23.8 Å². The monoisotopic (exact) mass is 439 g/mol. The average Bonchev–Trinajstić information content (AvgIpc) is 2.81. The Morgan fingerprint density at radius 2 is 1.66 bits per heavy atom. The van der Waals surface area contributed by atoms with Gasteiger partial charge in [-0.25, -0.2) is 0 Å². The van der Waals surface area contributed by atoms with Crippen LogP contribution in [-0.2, 0) is 14.3 Å². The molecule has 1 amide bonds. The summed E-state index contributed by atoms with van der Waals surface area (Å²) >= 11 is 0. The molecule has 0 aliphatic carbocycles. The van der Waals surface area contributed by atoms with Gasteiger partial charge in [-0.3, -0.25) is 9.69 Å². The molecule has 0 aromatic heterocycles. The average molecular weight is 440 g/mol. The molecule has 2 heterocycles. The van der Waals surface area contributed by atoms with Crippen molar-refractivity contribution in [3.05, 3.63) is 58.7 Å². The zero-order chi connectivity index (χ0) is 22.5. The van der Waals surface area contributed by atoms with Crippen LogP contribution in [0.25, 0.3) is 0 Å². The zero-order valence-corrected chi connectivity index (χ0v) is 19.0. The molecule has 32 heavy (non-hydrogen) atoms. The predicted octanol–water partition coefficient (Wildman–Crippen LogP) is 2.49. The van der Waals surface area contributed by atoms with E-state index in [2.05, 4.69) is 21.2 Å². The summed E-state index contributed by atoms with van der Waals surface area (Å²) in [6.45, 7) is 10.1. The van der Waals surface area contributed by atoms with E-state index in [4.69, 9.17) is 9.47 Å². The third-order valence-electron chi connectivity index (χ3n) is 6.16. The van der Waals surface area contributed by atoms with Gasteiger partial charge in [0.1, 0.15) is 6.10 Å². The minimum Gasteiger partial charge on any atom is -0.384 e. The van der Waals surface area contributed by atoms with Gasteiger partial charge in [-0.05, 0) is 43.2 Å². The highest BCUT2D eigenvalue weighted by molar-refractivity contribution is 5.92.